The topological polar surface area (TPSA) is 41.1 Å². The van der Waals surface area contributed by atoms with Gasteiger partial charge in [-0.3, -0.25) is 4.79 Å². The number of nitrogens with one attached hydrogen (secondary N) is 2. The summed E-state index contributed by atoms with van der Waals surface area (Å²) in [5, 5.41) is 5.27. The molecule has 0 spiro atoms. The lowest BCUT2D eigenvalue weighted by molar-refractivity contribution is -0.116. The van der Waals surface area contributed by atoms with Gasteiger partial charge in [0.15, 0.2) is 11.6 Å². The number of hydrogen-bond donors (Lipinski definition) is 2. The first-order valence-corrected chi connectivity index (χ1v) is 6.34. The zero-order valence-electron chi connectivity index (χ0n) is 10.8. The van der Waals surface area contributed by atoms with E-state index < -0.39 is 29.4 Å². The molecule has 1 atom stereocenters. The van der Waals surface area contributed by atoms with Crippen molar-refractivity contribution in [3.05, 3.63) is 59.4 Å². The summed E-state index contributed by atoms with van der Waals surface area (Å²) in [7, 11) is 0. The van der Waals surface area contributed by atoms with Crippen molar-refractivity contribution in [3.8, 4) is 0 Å². The molecule has 0 fully saturated rings. The molecule has 1 amide bonds. The Morgan fingerprint density at radius 1 is 1.10 bits per heavy atom. The van der Waals surface area contributed by atoms with Crippen LogP contribution in [0.15, 0.2) is 36.4 Å². The van der Waals surface area contributed by atoms with E-state index in [0.717, 1.165) is 11.3 Å². The SMILES string of the molecule is O=C(Nc1cc(F)c(F)cc1F)[C@@H]1Cc2ccccc2N1. The third-order valence-corrected chi connectivity index (χ3v) is 3.36. The summed E-state index contributed by atoms with van der Waals surface area (Å²) in [5.74, 6) is -4.03. The molecule has 6 heteroatoms. The van der Waals surface area contributed by atoms with E-state index in [9.17, 15) is 18.0 Å². The van der Waals surface area contributed by atoms with Gasteiger partial charge in [0.2, 0.25) is 5.91 Å². The molecule has 0 aromatic heterocycles. The summed E-state index contributed by atoms with van der Waals surface area (Å²) in [5.41, 5.74) is 1.43. The van der Waals surface area contributed by atoms with Gasteiger partial charge in [-0.1, -0.05) is 18.2 Å². The molecule has 21 heavy (non-hydrogen) atoms. The summed E-state index contributed by atoms with van der Waals surface area (Å²) in [6.07, 6.45) is 0.452. The van der Waals surface area contributed by atoms with Crippen LogP contribution < -0.4 is 10.6 Å². The van der Waals surface area contributed by atoms with Crippen LogP contribution in [0.4, 0.5) is 24.5 Å². The molecule has 0 aliphatic carbocycles. The fraction of sp³-hybridized carbons (Fsp3) is 0.133. The highest BCUT2D eigenvalue weighted by Gasteiger charge is 2.27. The van der Waals surface area contributed by atoms with Crippen molar-refractivity contribution in [2.45, 2.75) is 12.5 Å². The molecular formula is C15H11F3N2O. The van der Waals surface area contributed by atoms with E-state index in [2.05, 4.69) is 10.6 Å². The van der Waals surface area contributed by atoms with Crippen molar-refractivity contribution < 1.29 is 18.0 Å². The first kappa shape index (κ1) is 13.5. The molecule has 0 radical (unpaired) electrons. The summed E-state index contributed by atoms with van der Waals surface area (Å²) < 4.78 is 39.4. The Morgan fingerprint density at radius 2 is 1.81 bits per heavy atom. The summed E-state index contributed by atoms with van der Waals surface area (Å²) in [6.45, 7) is 0. The van der Waals surface area contributed by atoms with Gasteiger partial charge in [-0.2, -0.15) is 0 Å². The fourth-order valence-electron chi connectivity index (χ4n) is 2.29. The van der Waals surface area contributed by atoms with Gasteiger partial charge in [-0.05, 0) is 11.6 Å². The van der Waals surface area contributed by atoms with E-state index in [-0.39, 0.29) is 5.69 Å². The molecule has 1 aliphatic rings. The summed E-state index contributed by atoms with van der Waals surface area (Å²) in [4.78, 5) is 12.1. The lowest BCUT2D eigenvalue weighted by Crippen LogP contribution is -2.33. The third kappa shape index (κ3) is 2.56. The van der Waals surface area contributed by atoms with Crippen molar-refractivity contribution >= 4 is 17.3 Å². The Hall–Kier alpha value is -2.50. The number of fused-ring (bicyclic) bond motifs is 1. The predicted molar refractivity (Wildman–Crippen MR) is 72.5 cm³/mol. The molecule has 1 aliphatic heterocycles. The molecular weight excluding hydrogens is 281 g/mol. The second-order valence-electron chi connectivity index (χ2n) is 4.79. The predicted octanol–water partition coefficient (Wildman–Crippen LogP) is 3.08. The Bertz CT molecular complexity index is 693. The molecule has 0 saturated carbocycles. The molecule has 108 valence electrons. The van der Waals surface area contributed by atoms with Crippen LogP contribution in [0, 0.1) is 17.5 Å². The van der Waals surface area contributed by atoms with Crippen LogP contribution in [-0.4, -0.2) is 11.9 Å². The standard InChI is InChI=1S/C15H11F3N2O/c16-9-6-11(18)13(7-10(9)17)20-15(21)14-5-8-3-1-2-4-12(8)19-14/h1-4,6-7,14,19H,5H2,(H,20,21)/t14-/m0/s1. The van der Waals surface area contributed by atoms with Crippen molar-refractivity contribution in [1.82, 2.24) is 0 Å². The molecule has 2 aromatic rings. The minimum atomic E-state index is -1.29. The molecule has 2 N–H and O–H groups in total. The van der Waals surface area contributed by atoms with Gasteiger partial charge in [0, 0.05) is 24.2 Å². The lowest BCUT2D eigenvalue weighted by Gasteiger charge is -2.12. The first-order chi connectivity index (χ1) is 10.0. The molecule has 1 heterocycles. The first-order valence-electron chi connectivity index (χ1n) is 6.34. The highest BCUT2D eigenvalue weighted by atomic mass is 19.2. The molecule has 3 rings (SSSR count). The van der Waals surface area contributed by atoms with E-state index in [1.165, 1.54) is 0 Å². The number of anilines is 2. The second-order valence-corrected chi connectivity index (χ2v) is 4.79. The number of amides is 1. The zero-order chi connectivity index (χ0) is 15.0. The summed E-state index contributed by atoms with van der Waals surface area (Å²) in [6, 6.07) is 7.87. The maximum absolute atomic E-state index is 13.5. The van der Waals surface area contributed by atoms with Crippen molar-refractivity contribution in [2.75, 3.05) is 10.6 Å². The number of hydrogen-bond acceptors (Lipinski definition) is 2. The Balaban J connectivity index is 1.75. The molecule has 0 bridgehead atoms. The molecule has 3 nitrogen and oxygen atoms in total. The van der Waals surface area contributed by atoms with E-state index >= 15 is 0 Å². The number of carbonyl (C=O) groups is 1. The van der Waals surface area contributed by atoms with Gasteiger partial charge < -0.3 is 10.6 Å². The van der Waals surface area contributed by atoms with Gasteiger partial charge in [0.25, 0.3) is 0 Å². The molecule has 0 saturated heterocycles. The van der Waals surface area contributed by atoms with Crippen molar-refractivity contribution in [1.29, 1.82) is 0 Å². The van der Waals surface area contributed by atoms with Crippen LogP contribution in [0.5, 0.6) is 0 Å². The van der Waals surface area contributed by atoms with E-state index in [0.29, 0.717) is 18.6 Å². The normalized spacial score (nSPS) is 16.2. The van der Waals surface area contributed by atoms with E-state index in [4.69, 9.17) is 0 Å². The largest absolute Gasteiger partial charge is 0.373 e. The average molecular weight is 292 g/mol. The van der Waals surface area contributed by atoms with Crippen LogP contribution in [0.25, 0.3) is 0 Å². The smallest absolute Gasteiger partial charge is 0.247 e. The summed E-state index contributed by atoms with van der Waals surface area (Å²) >= 11 is 0. The van der Waals surface area contributed by atoms with Crippen molar-refractivity contribution in [3.63, 3.8) is 0 Å². The van der Waals surface area contributed by atoms with E-state index in [1.54, 1.807) is 0 Å². The minimum absolute atomic E-state index is 0.378. The van der Waals surface area contributed by atoms with E-state index in [1.807, 2.05) is 24.3 Å². The number of halogens is 3. The second kappa shape index (κ2) is 5.12. The van der Waals surface area contributed by atoms with Crippen LogP contribution in [0.3, 0.4) is 0 Å². The lowest BCUT2D eigenvalue weighted by atomic mass is 10.1. The van der Waals surface area contributed by atoms with Gasteiger partial charge in [-0.25, -0.2) is 13.2 Å². The van der Waals surface area contributed by atoms with Crippen molar-refractivity contribution in [2.24, 2.45) is 0 Å². The Kier molecular flexibility index (Phi) is 3.29. The Labute approximate surface area is 118 Å². The van der Waals surface area contributed by atoms with Gasteiger partial charge >= 0.3 is 0 Å². The van der Waals surface area contributed by atoms with Gasteiger partial charge in [0.05, 0.1) is 5.69 Å². The highest BCUT2D eigenvalue weighted by molar-refractivity contribution is 5.98. The number of benzene rings is 2. The quantitative estimate of drug-likeness (QED) is 0.835. The van der Waals surface area contributed by atoms with Gasteiger partial charge in [0.1, 0.15) is 11.9 Å². The maximum atomic E-state index is 13.5. The van der Waals surface area contributed by atoms with Crippen LogP contribution in [-0.2, 0) is 11.2 Å². The molecule has 2 aromatic carbocycles. The fourth-order valence-corrected chi connectivity index (χ4v) is 2.29. The highest BCUT2D eigenvalue weighted by Crippen LogP contribution is 2.26. The monoisotopic (exact) mass is 292 g/mol. The van der Waals surface area contributed by atoms with Gasteiger partial charge in [-0.15, -0.1) is 0 Å². The Morgan fingerprint density at radius 3 is 2.57 bits per heavy atom. The number of para-hydroxylation sites is 1. The number of rotatable bonds is 2. The minimum Gasteiger partial charge on any atom is -0.373 e. The third-order valence-electron chi connectivity index (χ3n) is 3.36. The zero-order valence-corrected chi connectivity index (χ0v) is 10.8. The van der Waals surface area contributed by atoms with Crippen LogP contribution in [0.1, 0.15) is 5.56 Å². The molecule has 0 unspecified atom stereocenters. The van der Waals surface area contributed by atoms with Crippen LogP contribution in [0.2, 0.25) is 0 Å². The van der Waals surface area contributed by atoms with Crippen LogP contribution >= 0.6 is 0 Å². The average Bonchev–Trinajstić information content (AvgIpc) is 2.88. The number of carbonyl (C=O) groups excluding carboxylic acids is 1. The maximum Gasteiger partial charge on any atom is 0.247 e.